The van der Waals surface area contributed by atoms with Crippen LogP contribution in [0.15, 0.2) is 140 Å². The molecule has 38 heavy (non-hydrogen) atoms. The molecule has 4 aromatic carbocycles. The Morgan fingerprint density at radius 1 is 0.395 bits per heavy atom. The number of rotatable bonds is 4. The van der Waals surface area contributed by atoms with Gasteiger partial charge in [-0.2, -0.15) is 0 Å². The van der Waals surface area contributed by atoms with Gasteiger partial charge in [0, 0.05) is 34.3 Å². The first-order valence-corrected chi connectivity index (χ1v) is 12.7. The van der Waals surface area contributed by atoms with Crippen molar-refractivity contribution in [1.82, 2.24) is 15.0 Å². The number of benzene rings is 4. The van der Waals surface area contributed by atoms with Crippen molar-refractivity contribution in [1.29, 1.82) is 0 Å². The topological polar surface area (TPSA) is 38.7 Å². The molecule has 7 aromatic rings. The van der Waals surface area contributed by atoms with Gasteiger partial charge in [-0.1, -0.05) is 103 Å². The fourth-order valence-corrected chi connectivity index (χ4v) is 5.11. The molecule has 0 spiro atoms. The maximum Gasteiger partial charge on any atom is 0.0978 e. The molecule has 3 heteroatoms. The second-order valence-electron chi connectivity index (χ2n) is 9.31. The van der Waals surface area contributed by atoms with Crippen molar-refractivity contribution in [3.05, 3.63) is 140 Å². The average molecular weight is 486 g/mol. The molecule has 0 saturated carbocycles. The molecule has 0 aliphatic carbocycles. The summed E-state index contributed by atoms with van der Waals surface area (Å²) >= 11 is 0. The summed E-state index contributed by atoms with van der Waals surface area (Å²) in [7, 11) is 0. The monoisotopic (exact) mass is 485 g/mol. The van der Waals surface area contributed by atoms with Gasteiger partial charge in [-0.3, -0.25) is 4.98 Å². The van der Waals surface area contributed by atoms with Crippen molar-refractivity contribution < 1.29 is 0 Å². The van der Waals surface area contributed by atoms with E-state index in [0.717, 1.165) is 66.6 Å². The molecule has 0 fully saturated rings. The Hall–Kier alpha value is -5.15. The highest BCUT2D eigenvalue weighted by Crippen LogP contribution is 2.39. The van der Waals surface area contributed by atoms with Crippen molar-refractivity contribution in [3.8, 4) is 44.8 Å². The van der Waals surface area contributed by atoms with E-state index >= 15 is 0 Å². The number of hydrogen-bond donors (Lipinski definition) is 0. The van der Waals surface area contributed by atoms with Gasteiger partial charge >= 0.3 is 0 Å². The second-order valence-corrected chi connectivity index (χ2v) is 9.31. The Morgan fingerprint density at radius 3 is 1.32 bits per heavy atom. The number of hydrogen-bond acceptors (Lipinski definition) is 3. The third-order valence-electron chi connectivity index (χ3n) is 6.95. The number of nitrogens with zero attached hydrogens (tertiary/aromatic N) is 3. The summed E-state index contributed by atoms with van der Waals surface area (Å²) in [6.07, 6.45) is 3.66. The first-order chi connectivity index (χ1) is 18.8. The maximum absolute atomic E-state index is 5.25. The number of aromatic nitrogens is 3. The highest BCUT2D eigenvalue weighted by Gasteiger charge is 2.17. The van der Waals surface area contributed by atoms with E-state index in [2.05, 4.69) is 108 Å². The summed E-state index contributed by atoms with van der Waals surface area (Å²) < 4.78 is 0. The van der Waals surface area contributed by atoms with Crippen LogP contribution in [-0.4, -0.2) is 15.0 Å². The van der Waals surface area contributed by atoms with E-state index in [9.17, 15) is 0 Å². The largest absolute Gasteiger partial charge is 0.264 e. The van der Waals surface area contributed by atoms with Crippen LogP contribution in [0.4, 0.5) is 0 Å². The third-order valence-corrected chi connectivity index (χ3v) is 6.95. The minimum atomic E-state index is 0.880. The lowest BCUT2D eigenvalue weighted by atomic mass is 9.94. The molecular formula is C35H23N3. The van der Waals surface area contributed by atoms with Gasteiger partial charge in [-0.15, -0.1) is 0 Å². The minimum Gasteiger partial charge on any atom is -0.264 e. The van der Waals surface area contributed by atoms with Gasteiger partial charge in [0.25, 0.3) is 0 Å². The molecule has 0 unspecified atom stereocenters. The van der Waals surface area contributed by atoms with E-state index in [1.54, 1.807) is 6.20 Å². The lowest BCUT2D eigenvalue weighted by Gasteiger charge is -2.15. The highest BCUT2D eigenvalue weighted by molar-refractivity contribution is 6.13. The smallest absolute Gasteiger partial charge is 0.0978 e. The van der Waals surface area contributed by atoms with E-state index in [-0.39, 0.29) is 0 Å². The first kappa shape index (κ1) is 22.1. The molecule has 3 aromatic heterocycles. The highest BCUT2D eigenvalue weighted by atomic mass is 14.8. The molecule has 0 N–H and O–H groups in total. The normalized spacial score (nSPS) is 11.2. The first-order valence-electron chi connectivity index (χ1n) is 12.7. The zero-order valence-electron chi connectivity index (χ0n) is 20.6. The van der Waals surface area contributed by atoms with E-state index in [1.165, 1.54) is 0 Å². The van der Waals surface area contributed by atoms with E-state index in [4.69, 9.17) is 9.97 Å². The van der Waals surface area contributed by atoms with Crippen molar-refractivity contribution >= 4 is 21.8 Å². The molecule has 0 atom stereocenters. The molecule has 0 amide bonds. The van der Waals surface area contributed by atoms with E-state index in [0.29, 0.717) is 0 Å². The quantitative estimate of drug-likeness (QED) is 0.234. The standard InChI is InChI=1S/C35H23N3/c1-4-11-24(12-5-1)30-21-32(26-15-8-3-9-16-26)37-34-28(30)18-19-29-31(25-13-6-2-7-14-25)22-33(38-35(29)34)27-17-10-20-36-23-27/h1-23H. The Balaban J connectivity index is 1.62. The Labute approximate surface area is 221 Å². The molecule has 0 aliphatic heterocycles. The zero-order chi connectivity index (χ0) is 25.3. The molecule has 0 saturated heterocycles. The van der Waals surface area contributed by atoms with Gasteiger partial charge < -0.3 is 0 Å². The van der Waals surface area contributed by atoms with Crippen LogP contribution in [0.1, 0.15) is 0 Å². The molecule has 7 rings (SSSR count). The fourth-order valence-electron chi connectivity index (χ4n) is 5.11. The van der Waals surface area contributed by atoms with E-state index in [1.807, 2.05) is 30.5 Å². The molecule has 0 aliphatic rings. The maximum atomic E-state index is 5.25. The van der Waals surface area contributed by atoms with Crippen molar-refractivity contribution in [2.24, 2.45) is 0 Å². The van der Waals surface area contributed by atoms with Crippen LogP contribution < -0.4 is 0 Å². The van der Waals surface area contributed by atoms with Crippen LogP contribution in [0.3, 0.4) is 0 Å². The van der Waals surface area contributed by atoms with Gasteiger partial charge in [-0.25, -0.2) is 9.97 Å². The summed E-state index contributed by atoms with van der Waals surface area (Å²) in [6, 6.07) is 44.1. The lowest BCUT2D eigenvalue weighted by molar-refractivity contribution is 1.30. The Bertz CT molecular complexity index is 1740. The third kappa shape index (κ3) is 3.91. The second kappa shape index (κ2) is 9.38. The van der Waals surface area contributed by atoms with Gasteiger partial charge in [0.2, 0.25) is 0 Å². The van der Waals surface area contributed by atoms with Crippen LogP contribution in [0, 0.1) is 0 Å². The predicted octanol–water partition coefficient (Wildman–Crippen LogP) is 8.85. The molecule has 3 nitrogen and oxygen atoms in total. The number of pyridine rings is 3. The zero-order valence-corrected chi connectivity index (χ0v) is 20.6. The molecule has 0 bridgehead atoms. The van der Waals surface area contributed by atoms with Crippen molar-refractivity contribution in [2.75, 3.05) is 0 Å². The van der Waals surface area contributed by atoms with Crippen LogP contribution in [0.2, 0.25) is 0 Å². The SMILES string of the molecule is c1ccc(-c2cc(-c3ccccc3)c3ccc4c(-c5ccccc5)cc(-c5cccnc5)nc4c3n2)cc1. The molecule has 3 heterocycles. The van der Waals surface area contributed by atoms with Crippen LogP contribution in [0.5, 0.6) is 0 Å². The fraction of sp³-hybridized carbons (Fsp3) is 0. The predicted molar refractivity (Wildman–Crippen MR) is 157 cm³/mol. The van der Waals surface area contributed by atoms with E-state index < -0.39 is 0 Å². The van der Waals surface area contributed by atoms with Crippen LogP contribution in [0.25, 0.3) is 66.6 Å². The van der Waals surface area contributed by atoms with Crippen LogP contribution >= 0.6 is 0 Å². The summed E-state index contributed by atoms with van der Waals surface area (Å²) in [4.78, 5) is 14.8. The molecule has 0 radical (unpaired) electrons. The Morgan fingerprint density at radius 2 is 0.842 bits per heavy atom. The van der Waals surface area contributed by atoms with Gasteiger partial charge in [0.05, 0.1) is 22.4 Å². The summed E-state index contributed by atoms with van der Waals surface area (Å²) in [5, 5.41) is 2.16. The van der Waals surface area contributed by atoms with Crippen molar-refractivity contribution in [3.63, 3.8) is 0 Å². The molecule has 178 valence electrons. The lowest BCUT2D eigenvalue weighted by Crippen LogP contribution is -1.95. The van der Waals surface area contributed by atoms with Gasteiger partial charge in [0.15, 0.2) is 0 Å². The van der Waals surface area contributed by atoms with Crippen molar-refractivity contribution in [2.45, 2.75) is 0 Å². The minimum absolute atomic E-state index is 0.880. The van der Waals surface area contributed by atoms with Crippen LogP contribution in [-0.2, 0) is 0 Å². The van der Waals surface area contributed by atoms with Gasteiger partial charge in [-0.05, 0) is 46.5 Å². The van der Waals surface area contributed by atoms with Gasteiger partial charge in [0.1, 0.15) is 0 Å². The number of fused-ring (bicyclic) bond motifs is 3. The summed E-state index contributed by atoms with van der Waals surface area (Å²) in [6.45, 7) is 0. The molecular weight excluding hydrogens is 462 g/mol. The average Bonchev–Trinajstić information content (AvgIpc) is 3.01. The summed E-state index contributed by atoms with van der Waals surface area (Å²) in [5.74, 6) is 0. The summed E-state index contributed by atoms with van der Waals surface area (Å²) in [5.41, 5.74) is 10.2. The Kier molecular flexibility index (Phi) is 5.45.